The van der Waals surface area contributed by atoms with E-state index in [1.807, 2.05) is 26.3 Å². The maximum atomic E-state index is 12.6. The van der Waals surface area contributed by atoms with E-state index in [2.05, 4.69) is 15.4 Å². The summed E-state index contributed by atoms with van der Waals surface area (Å²) in [4.78, 5) is 17.0. The van der Waals surface area contributed by atoms with Crippen molar-refractivity contribution >= 4 is 17.2 Å². The molecule has 118 valence electrons. The summed E-state index contributed by atoms with van der Waals surface area (Å²) in [5.41, 5.74) is 2.45. The van der Waals surface area contributed by atoms with Gasteiger partial charge in [0.05, 0.1) is 23.9 Å². The fourth-order valence-electron chi connectivity index (χ4n) is 2.64. The summed E-state index contributed by atoms with van der Waals surface area (Å²) < 4.78 is 7.11. The van der Waals surface area contributed by atoms with Gasteiger partial charge in [0.15, 0.2) is 0 Å². The van der Waals surface area contributed by atoms with E-state index in [9.17, 15) is 4.79 Å². The average molecular weight is 320 g/mol. The molecule has 22 heavy (non-hydrogen) atoms. The molecule has 2 atom stereocenters. The third-order valence-corrected chi connectivity index (χ3v) is 4.92. The van der Waals surface area contributed by atoms with Gasteiger partial charge in [0.25, 0.3) is 5.91 Å². The number of hydrogen-bond donors (Lipinski definition) is 1. The van der Waals surface area contributed by atoms with Crippen molar-refractivity contribution < 1.29 is 9.53 Å². The average Bonchev–Trinajstić information content (AvgIpc) is 3.17. The molecule has 0 bridgehead atoms. The zero-order valence-corrected chi connectivity index (χ0v) is 13.8. The molecule has 3 rings (SSSR count). The van der Waals surface area contributed by atoms with Gasteiger partial charge in [-0.05, 0) is 20.3 Å². The molecule has 1 fully saturated rings. The number of nitrogens with one attached hydrogen (secondary N) is 1. The van der Waals surface area contributed by atoms with E-state index in [0.717, 1.165) is 29.4 Å². The molecule has 0 saturated carbocycles. The second kappa shape index (κ2) is 6.18. The van der Waals surface area contributed by atoms with Crippen molar-refractivity contribution in [2.24, 2.45) is 7.05 Å². The smallest absolute Gasteiger partial charge is 0.255 e. The molecule has 1 aliphatic heterocycles. The highest BCUT2D eigenvalue weighted by Crippen LogP contribution is 2.27. The molecule has 2 aromatic rings. The molecule has 2 aromatic heterocycles. The van der Waals surface area contributed by atoms with Crippen molar-refractivity contribution in [2.45, 2.75) is 32.2 Å². The number of carbonyl (C=O) groups excluding carboxylic acids is 1. The van der Waals surface area contributed by atoms with Crippen LogP contribution in [0.15, 0.2) is 11.6 Å². The van der Waals surface area contributed by atoms with Crippen LogP contribution in [0.1, 0.15) is 52.1 Å². The van der Waals surface area contributed by atoms with Crippen LogP contribution in [0.25, 0.3) is 0 Å². The Kier molecular flexibility index (Phi) is 4.26. The SMILES string of the molecule is Cc1csc([C@@H](C)NC(=O)c2cn(C)nc2[C@@H]2CCOC2)n1. The van der Waals surface area contributed by atoms with Crippen LogP contribution >= 0.6 is 11.3 Å². The molecule has 0 spiro atoms. The first-order valence-corrected chi connectivity index (χ1v) is 8.26. The quantitative estimate of drug-likeness (QED) is 0.937. The van der Waals surface area contributed by atoms with E-state index in [4.69, 9.17) is 4.74 Å². The number of hydrogen-bond acceptors (Lipinski definition) is 5. The lowest BCUT2D eigenvalue weighted by Crippen LogP contribution is -2.27. The Labute approximate surface area is 133 Å². The van der Waals surface area contributed by atoms with Gasteiger partial charge >= 0.3 is 0 Å². The van der Waals surface area contributed by atoms with Gasteiger partial charge in [-0.15, -0.1) is 11.3 Å². The van der Waals surface area contributed by atoms with E-state index < -0.39 is 0 Å². The number of aromatic nitrogens is 3. The zero-order chi connectivity index (χ0) is 15.7. The van der Waals surface area contributed by atoms with Gasteiger partial charge in [-0.25, -0.2) is 4.98 Å². The normalized spacial score (nSPS) is 19.3. The fourth-order valence-corrected chi connectivity index (χ4v) is 3.44. The van der Waals surface area contributed by atoms with E-state index in [1.54, 1.807) is 22.2 Å². The summed E-state index contributed by atoms with van der Waals surface area (Å²) in [5.74, 6) is 0.106. The first kappa shape index (κ1) is 15.2. The van der Waals surface area contributed by atoms with Gasteiger partial charge in [-0.1, -0.05) is 0 Å². The molecule has 1 amide bonds. The van der Waals surface area contributed by atoms with E-state index in [0.29, 0.717) is 12.2 Å². The first-order valence-electron chi connectivity index (χ1n) is 7.38. The first-order chi connectivity index (χ1) is 10.5. The van der Waals surface area contributed by atoms with Crippen molar-refractivity contribution in [3.63, 3.8) is 0 Å². The van der Waals surface area contributed by atoms with E-state index in [-0.39, 0.29) is 17.9 Å². The van der Waals surface area contributed by atoms with Crippen LogP contribution in [0.2, 0.25) is 0 Å². The summed E-state index contributed by atoms with van der Waals surface area (Å²) in [7, 11) is 1.84. The summed E-state index contributed by atoms with van der Waals surface area (Å²) in [6, 6.07) is -0.112. The number of aryl methyl sites for hydroxylation is 2. The Hall–Kier alpha value is -1.73. The molecule has 1 aliphatic rings. The summed E-state index contributed by atoms with van der Waals surface area (Å²) >= 11 is 1.56. The third-order valence-electron chi connectivity index (χ3n) is 3.77. The summed E-state index contributed by atoms with van der Waals surface area (Å²) in [6.07, 6.45) is 2.70. The number of amides is 1. The molecule has 0 unspecified atom stereocenters. The summed E-state index contributed by atoms with van der Waals surface area (Å²) in [5, 5.41) is 10.4. The maximum Gasteiger partial charge on any atom is 0.255 e. The van der Waals surface area contributed by atoms with E-state index >= 15 is 0 Å². The van der Waals surface area contributed by atoms with Crippen molar-refractivity contribution in [1.29, 1.82) is 0 Å². The standard InChI is InChI=1S/C15H20N4O2S/c1-9-8-22-15(16-9)10(2)17-14(20)12-6-19(3)18-13(12)11-4-5-21-7-11/h6,8,10-11H,4-5,7H2,1-3H3,(H,17,20)/t10-,11-/m1/s1. The molecule has 3 heterocycles. The molecule has 7 heteroatoms. The molecule has 0 aliphatic carbocycles. The second-order valence-corrected chi connectivity index (χ2v) is 6.57. The van der Waals surface area contributed by atoms with Crippen LogP contribution in [0.4, 0.5) is 0 Å². The minimum Gasteiger partial charge on any atom is -0.381 e. The van der Waals surface area contributed by atoms with Gasteiger partial charge in [-0.2, -0.15) is 5.10 Å². The Bertz CT molecular complexity index is 673. The highest BCUT2D eigenvalue weighted by molar-refractivity contribution is 7.09. The highest BCUT2D eigenvalue weighted by Gasteiger charge is 2.27. The molecule has 0 aromatic carbocycles. The van der Waals surface area contributed by atoms with Gasteiger partial charge in [0, 0.05) is 36.8 Å². The number of ether oxygens (including phenoxy) is 1. The Morgan fingerprint density at radius 2 is 2.41 bits per heavy atom. The van der Waals surface area contributed by atoms with Gasteiger partial charge in [-0.3, -0.25) is 9.48 Å². The maximum absolute atomic E-state index is 12.6. The highest BCUT2D eigenvalue weighted by atomic mass is 32.1. The Morgan fingerprint density at radius 3 is 3.05 bits per heavy atom. The van der Waals surface area contributed by atoms with Crippen molar-refractivity contribution in [1.82, 2.24) is 20.1 Å². The predicted molar refractivity (Wildman–Crippen MR) is 84.1 cm³/mol. The van der Waals surface area contributed by atoms with Crippen LogP contribution in [0.5, 0.6) is 0 Å². The van der Waals surface area contributed by atoms with E-state index in [1.165, 1.54) is 0 Å². The lowest BCUT2D eigenvalue weighted by molar-refractivity contribution is 0.0938. The molecule has 1 N–H and O–H groups in total. The largest absolute Gasteiger partial charge is 0.381 e. The molecule has 0 radical (unpaired) electrons. The van der Waals surface area contributed by atoms with Gasteiger partial charge < -0.3 is 10.1 Å². The molecular formula is C15H20N4O2S. The van der Waals surface area contributed by atoms with Crippen LogP contribution in [0, 0.1) is 6.92 Å². The topological polar surface area (TPSA) is 69.0 Å². The molecule has 6 nitrogen and oxygen atoms in total. The molecular weight excluding hydrogens is 300 g/mol. The minimum absolute atomic E-state index is 0.102. The number of carbonyl (C=O) groups is 1. The monoisotopic (exact) mass is 320 g/mol. The number of rotatable bonds is 4. The lowest BCUT2D eigenvalue weighted by Gasteiger charge is -2.12. The van der Waals surface area contributed by atoms with Crippen LogP contribution in [-0.2, 0) is 11.8 Å². The minimum atomic E-state index is -0.112. The van der Waals surface area contributed by atoms with Gasteiger partial charge in [0.1, 0.15) is 5.01 Å². The molecule has 1 saturated heterocycles. The summed E-state index contributed by atoms with van der Waals surface area (Å²) in [6.45, 7) is 5.27. The van der Waals surface area contributed by atoms with Crippen LogP contribution in [-0.4, -0.2) is 33.9 Å². The lowest BCUT2D eigenvalue weighted by atomic mass is 10.0. The van der Waals surface area contributed by atoms with Crippen molar-refractivity contribution in [3.8, 4) is 0 Å². The second-order valence-electron chi connectivity index (χ2n) is 5.68. The Morgan fingerprint density at radius 1 is 1.59 bits per heavy atom. The van der Waals surface area contributed by atoms with Gasteiger partial charge in [0.2, 0.25) is 0 Å². The van der Waals surface area contributed by atoms with Crippen LogP contribution in [0.3, 0.4) is 0 Å². The van der Waals surface area contributed by atoms with Crippen LogP contribution < -0.4 is 5.32 Å². The predicted octanol–water partition coefficient (Wildman–Crippen LogP) is 2.18. The Balaban J connectivity index is 1.77. The number of thiazole rings is 1. The fraction of sp³-hybridized carbons (Fsp3) is 0.533. The third kappa shape index (κ3) is 3.05. The van der Waals surface area contributed by atoms with Crippen molar-refractivity contribution in [3.05, 3.63) is 33.5 Å². The van der Waals surface area contributed by atoms with Crippen molar-refractivity contribution in [2.75, 3.05) is 13.2 Å². The zero-order valence-electron chi connectivity index (χ0n) is 13.0. The number of nitrogens with zero attached hydrogens (tertiary/aromatic N) is 3.